The van der Waals surface area contributed by atoms with Crippen molar-refractivity contribution in [2.24, 2.45) is 11.7 Å². The van der Waals surface area contributed by atoms with E-state index in [0.29, 0.717) is 44.7 Å². The Morgan fingerprint density at radius 1 is 0.923 bits per heavy atom. The van der Waals surface area contributed by atoms with Crippen molar-refractivity contribution in [2.75, 3.05) is 26.2 Å². The van der Waals surface area contributed by atoms with Crippen LogP contribution in [0.1, 0.15) is 60.9 Å². The lowest BCUT2D eigenvalue weighted by molar-refractivity contribution is -0.133. The van der Waals surface area contributed by atoms with Gasteiger partial charge in [0.05, 0.1) is 0 Å². The molecule has 0 spiro atoms. The molecule has 1 saturated carbocycles. The summed E-state index contributed by atoms with van der Waals surface area (Å²) in [6, 6.07) is 7.48. The number of benzene rings is 1. The smallest absolute Gasteiger partial charge is 0.253 e. The summed E-state index contributed by atoms with van der Waals surface area (Å²) in [5.74, 6) is 1.05. The molecular weight excluding hydrogens is 326 g/mol. The lowest BCUT2D eigenvalue weighted by Crippen LogP contribution is -2.50. The molecular formula is C21H31N3O2. The van der Waals surface area contributed by atoms with E-state index < -0.39 is 0 Å². The minimum absolute atomic E-state index is 0.0443. The van der Waals surface area contributed by atoms with Crippen molar-refractivity contribution in [3.05, 3.63) is 35.4 Å². The molecule has 0 unspecified atom stereocenters. The zero-order valence-electron chi connectivity index (χ0n) is 15.7. The largest absolute Gasteiger partial charge is 0.339 e. The molecule has 1 heterocycles. The number of carbonyl (C=O) groups is 2. The van der Waals surface area contributed by atoms with Crippen LogP contribution in [0.3, 0.4) is 0 Å². The highest BCUT2D eigenvalue weighted by Crippen LogP contribution is 2.27. The van der Waals surface area contributed by atoms with E-state index in [9.17, 15) is 9.59 Å². The first kappa shape index (κ1) is 18.9. The van der Waals surface area contributed by atoms with Crippen molar-refractivity contribution in [1.29, 1.82) is 0 Å². The number of carbonyl (C=O) groups excluding carboxylic acids is 2. The lowest BCUT2D eigenvalue weighted by Gasteiger charge is -2.35. The molecule has 1 aromatic rings. The van der Waals surface area contributed by atoms with Gasteiger partial charge in [-0.15, -0.1) is 0 Å². The molecule has 5 nitrogen and oxygen atoms in total. The second kappa shape index (κ2) is 9.17. The minimum atomic E-state index is 0.0443. The SMILES string of the molecule is NCc1ccc(C(=O)N2CCN(C(=O)CCC3CCCCC3)CC2)cc1. The highest BCUT2D eigenvalue weighted by molar-refractivity contribution is 5.94. The van der Waals surface area contributed by atoms with Gasteiger partial charge in [-0.1, -0.05) is 44.2 Å². The molecule has 2 fully saturated rings. The van der Waals surface area contributed by atoms with E-state index in [4.69, 9.17) is 5.73 Å². The van der Waals surface area contributed by atoms with E-state index in [1.807, 2.05) is 34.1 Å². The Morgan fingerprint density at radius 2 is 1.54 bits per heavy atom. The molecule has 26 heavy (non-hydrogen) atoms. The van der Waals surface area contributed by atoms with Crippen molar-refractivity contribution in [2.45, 2.75) is 51.5 Å². The molecule has 142 valence electrons. The van der Waals surface area contributed by atoms with Crippen LogP contribution in [0.25, 0.3) is 0 Å². The van der Waals surface area contributed by atoms with Gasteiger partial charge in [0.1, 0.15) is 0 Å². The van der Waals surface area contributed by atoms with Gasteiger partial charge >= 0.3 is 0 Å². The first-order valence-corrected chi connectivity index (χ1v) is 10.0. The fraction of sp³-hybridized carbons (Fsp3) is 0.619. The number of piperazine rings is 1. The Labute approximate surface area is 156 Å². The van der Waals surface area contributed by atoms with Gasteiger partial charge in [-0.25, -0.2) is 0 Å². The molecule has 2 N–H and O–H groups in total. The van der Waals surface area contributed by atoms with Gasteiger partial charge in [0.2, 0.25) is 5.91 Å². The van der Waals surface area contributed by atoms with Gasteiger partial charge in [-0.2, -0.15) is 0 Å². The second-order valence-corrected chi connectivity index (χ2v) is 7.62. The van der Waals surface area contributed by atoms with Crippen LogP contribution in [0, 0.1) is 5.92 Å². The predicted molar refractivity (Wildman–Crippen MR) is 103 cm³/mol. The zero-order valence-corrected chi connectivity index (χ0v) is 15.7. The molecule has 2 amide bonds. The maximum absolute atomic E-state index is 12.6. The van der Waals surface area contributed by atoms with Gasteiger partial charge in [-0.05, 0) is 30.0 Å². The normalized spacial score (nSPS) is 18.8. The monoisotopic (exact) mass is 357 g/mol. The number of amides is 2. The quantitative estimate of drug-likeness (QED) is 0.881. The van der Waals surface area contributed by atoms with Crippen LogP contribution in [0.2, 0.25) is 0 Å². The van der Waals surface area contributed by atoms with Crippen molar-refractivity contribution in [3.63, 3.8) is 0 Å². The van der Waals surface area contributed by atoms with E-state index in [1.165, 1.54) is 32.1 Å². The van der Waals surface area contributed by atoms with Crippen LogP contribution in [-0.4, -0.2) is 47.8 Å². The highest BCUT2D eigenvalue weighted by atomic mass is 16.2. The maximum Gasteiger partial charge on any atom is 0.253 e. The molecule has 0 aromatic heterocycles. The molecule has 0 radical (unpaired) electrons. The number of rotatable bonds is 5. The fourth-order valence-electron chi connectivity index (χ4n) is 4.09. The first-order valence-electron chi connectivity index (χ1n) is 10.0. The molecule has 0 bridgehead atoms. The summed E-state index contributed by atoms with van der Waals surface area (Å²) >= 11 is 0. The van der Waals surface area contributed by atoms with E-state index in [1.54, 1.807) is 0 Å². The third-order valence-corrected chi connectivity index (χ3v) is 5.85. The number of hydrogen-bond donors (Lipinski definition) is 1. The summed E-state index contributed by atoms with van der Waals surface area (Å²) < 4.78 is 0. The van der Waals surface area contributed by atoms with Crippen molar-refractivity contribution < 1.29 is 9.59 Å². The van der Waals surface area contributed by atoms with Crippen LogP contribution in [-0.2, 0) is 11.3 Å². The van der Waals surface area contributed by atoms with Crippen LogP contribution in [0.15, 0.2) is 24.3 Å². The number of hydrogen-bond acceptors (Lipinski definition) is 3. The van der Waals surface area contributed by atoms with E-state index in [2.05, 4.69) is 0 Å². The second-order valence-electron chi connectivity index (χ2n) is 7.62. The first-order chi connectivity index (χ1) is 12.7. The van der Waals surface area contributed by atoms with Crippen LogP contribution in [0.4, 0.5) is 0 Å². The summed E-state index contributed by atoms with van der Waals surface area (Å²) in [6.45, 7) is 3.02. The van der Waals surface area contributed by atoms with Crippen LogP contribution < -0.4 is 5.73 Å². The molecule has 2 aliphatic rings. The van der Waals surface area contributed by atoms with Gasteiger partial charge in [0, 0.05) is 44.7 Å². The molecule has 1 aromatic carbocycles. The number of nitrogens with zero attached hydrogens (tertiary/aromatic N) is 2. The van der Waals surface area contributed by atoms with Gasteiger partial charge in [-0.3, -0.25) is 9.59 Å². The average Bonchev–Trinajstić information content (AvgIpc) is 2.72. The van der Waals surface area contributed by atoms with Gasteiger partial charge < -0.3 is 15.5 Å². The summed E-state index contributed by atoms with van der Waals surface area (Å²) in [5.41, 5.74) is 7.32. The topological polar surface area (TPSA) is 66.6 Å². The fourth-order valence-corrected chi connectivity index (χ4v) is 4.09. The summed E-state index contributed by atoms with van der Waals surface area (Å²) in [5, 5.41) is 0. The van der Waals surface area contributed by atoms with E-state index in [-0.39, 0.29) is 11.8 Å². The number of nitrogens with two attached hydrogens (primary N) is 1. The maximum atomic E-state index is 12.6. The Balaban J connectivity index is 1.44. The molecule has 1 aliphatic carbocycles. The van der Waals surface area contributed by atoms with Gasteiger partial charge in [0.25, 0.3) is 5.91 Å². The van der Waals surface area contributed by atoms with Crippen molar-refractivity contribution >= 4 is 11.8 Å². The summed E-state index contributed by atoms with van der Waals surface area (Å²) in [7, 11) is 0. The molecule has 1 saturated heterocycles. The Bertz CT molecular complexity index is 600. The van der Waals surface area contributed by atoms with E-state index >= 15 is 0 Å². The Morgan fingerprint density at radius 3 is 2.15 bits per heavy atom. The molecule has 1 aliphatic heterocycles. The third kappa shape index (κ3) is 4.85. The van der Waals surface area contributed by atoms with Crippen molar-refractivity contribution in [3.8, 4) is 0 Å². The van der Waals surface area contributed by atoms with Gasteiger partial charge in [0.15, 0.2) is 0 Å². The standard InChI is InChI=1S/C21H31N3O2/c22-16-18-6-9-19(10-7-18)21(26)24-14-12-23(13-15-24)20(25)11-8-17-4-2-1-3-5-17/h6-7,9-10,17H,1-5,8,11-16,22H2. The predicted octanol–water partition coefficient (Wildman–Crippen LogP) is 2.79. The lowest BCUT2D eigenvalue weighted by atomic mass is 9.86. The minimum Gasteiger partial charge on any atom is -0.339 e. The molecule has 3 rings (SSSR count). The zero-order chi connectivity index (χ0) is 18.4. The van der Waals surface area contributed by atoms with Crippen molar-refractivity contribution in [1.82, 2.24) is 9.80 Å². The Kier molecular flexibility index (Phi) is 6.67. The molecule has 5 heteroatoms. The van der Waals surface area contributed by atoms with Crippen LogP contribution in [0.5, 0.6) is 0 Å². The summed E-state index contributed by atoms with van der Waals surface area (Å²) in [6.07, 6.45) is 8.29. The van der Waals surface area contributed by atoms with E-state index in [0.717, 1.165) is 17.9 Å². The van der Waals surface area contributed by atoms with Crippen LogP contribution >= 0.6 is 0 Å². The average molecular weight is 357 g/mol. The summed E-state index contributed by atoms with van der Waals surface area (Å²) in [4.78, 5) is 28.9. The highest BCUT2D eigenvalue weighted by Gasteiger charge is 2.25. The third-order valence-electron chi connectivity index (χ3n) is 5.85. The molecule has 0 atom stereocenters. The Hall–Kier alpha value is -1.88.